The molecule has 0 saturated heterocycles. The van der Waals surface area contributed by atoms with Gasteiger partial charge < -0.3 is 21.2 Å². The van der Waals surface area contributed by atoms with Crippen molar-refractivity contribution in [2.75, 3.05) is 24.7 Å². The summed E-state index contributed by atoms with van der Waals surface area (Å²) in [7, 11) is 0. The fraction of sp³-hybridized carbons (Fsp3) is 0.571. The molecule has 0 unspecified atom stereocenters. The Kier molecular flexibility index (Phi) is 5.37. The summed E-state index contributed by atoms with van der Waals surface area (Å²) in [6, 6.07) is -0.358. The Bertz CT molecular complexity index is 677. The first kappa shape index (κ1) is 18.1. The lowest BCUT2D eigenvalue weighted by molar-refractivity contribution is -0.138. The summed E-state index contributed by atoms with van der Waals surface area (Å²) in [5.41, 5.74) is 0.643. The van der Waals surface area contributed by atoms with Crippen molar-refractivity contribution in [1.82, 2.24) is 25.5 Å². The molecule has 10 heteroatoms. The van der Waals surface area contributed by atoms with E-state index in [-0.39, 0.29) is 24.6 Å². The van der Waals surface area contributed by atoms with E-state index in [0.717, 1.165) is 0 Å². The van der Waals surface area contributed by atoms with Gasteiger partial charge in [0.25, 0.3) is 0 Å². The molecule has 4 N–H and O–H groups in total. The van der Waals surface area contributed by atoms with Gasteiger partial charge in [-0.3, -0.25) is 0 Å². The largest absolute Gasteiger partial charge is 0.463 e. The molecule has 1 aliphatic heterocycles. The van der Waals surface area contributed by atoms with Gasteiger partial charge in [-0.15, -0.1) is 10.2 Å². The van der Waals surface area contributed by atoms with E-state index >= 15 is 0 Å². The van der Waals surface area contributed by atoms with Crippen LogP contribution in [0, 0.1) is 0 Å². The van der Waals surface area contributed by atoms with Gasteiger partial charge in [-0.1, -0.05) is 32.5 Å². The lowest BCUT2D eigenvalue weighted by Gasteiger charge is -2.21. The second-order valence-electron chi connectivity index (χ2n) is 6.20. The second-order valence-corrected chi connectivity index (χ2v) is 7.14. The molecule has 0 spiro atoms. The van der Waals surface area contributed by atoms with Crippen LogP contribution in [-0.2, 0) is 14.9 Å². The molecule has 132 valence electrons. The van der Waals surface area contributed by atoms with E-state index in [9.17, 15) is 9.59 Å². The number of nitrogen functional groups attached to an aromatic ring is 1. The maximum absolute atomic E-state index is 12.0. The number of esters is 1. The van der Waals surface area contributed by atoms with Gasteiger partial charge in [0, 0.05) is 16.9 Å². The predicted molar refractivity (Wildman–Crippen MR) is 89.8 cm³/mol. The number of hydrogen-bond acceptors (Lipinski definition) is 7. The molecular formula is C14H22N6O3S. The van der Waals surface area contributed by atoms with Gasteiger partial charge >= 0.3 is 12.0 Å². The molecule has 0 saturated carbocycles. The summed E-state index contributed by atoms with van der Waals surface area (Å²) in [6.45, 7) is 8.09. The number of nitrogens with zero attached hydrogens (tertiary/aromatic N) is 3. The fourth-order valence-corrected chi connectivity index (χ4v) is 2.94. The van der Waals surface area contributed by atoms with Crippen molar-refractivity contribution in [2.45, 2.75) is 38.3 Å². The van der Waals surface area contributed by atoms with Crippen molar-refractivity contribution in [3.63, 3.8) is 0 Å². The molecule has 2 rings (SSSR count). The molecule has 0 radical (unpaired) electrons. The van der Waals surface area contributed by atoms with Crippen LogP contribution in [0.1, 0.15) is 33.5 Å². The number of nitrogens with one attached hydrogen (secondary N) is 2. The van der Waals surface area contributed by atoms with E-state index < -0.39 is 5.97 Å². The van der Waals surface area contributed by atoms with Crippen molar-refractivity contribution >= 4 is 23.8 Å². The number of nitrogens with two attached hydrogens (primary N) is 1. The average Bonchev–Trinajstić information content (AvgIpc) is 2.86. The highest BCUT2D eigenvalue weighted by Crippen LogP contribution is 2.25. The summed E-state index contributed by atoms with van der Waals surface area (Å²) in [6.07, 6.45) is 0. The van der Waals surface area contributed by atoms with Crippen molar-refractivity contribution in [3.8, 4) is 0 Å². The standard InChI is InChI=1S/C14H22N6O3S/c1-5-23-10(21)8-6-16-12(22)17-9(8)7-24-13-19-18-11(20(13)15)14(2,3)4/h5-7,15H2,1-4H3,(H2,16,17,22). The lowest BCUT2D eigenvalue weighted by atomic mass is 9.96. The Hall–Kier alpha value is -2.23. The Balaban J connectivity index is 2.17. The molecule has 0 bridgehead atoms. The molecule has 0 fully saturated rings. The van der Waals surface area contributed by atoms with E-state index in [1.807, 2.05) is 20.8 Å². The van der Waals surface area contributed by atoms with E-state index in [1.54, 1.807) is 6.92 Å². The normalized spacial score (nSPS) is 15.1. The van der Waals surface area contributed by atoms with Gasteiger partial charge in [0.05, 0.1) is 18.7 Å². The summed E-state index contributed by atoms with van der Waals surface area (Å²) < 4.78 is 6.44. The Morgan fingerprint density at radius 1 is 1.42 bits per heavy atom. The van der Waals surface area contributed by atoms with Gasteiger partial charge in [-0.2, -0.15) is 0 Å². The predicted octanol–water partition coefficient (Wildman–Crippen LogP) is 0.512. The molecule has 0 aromatic carbocycles. The number of aromatic nitrogens is 3. The smallest absolute Gasteiger partial charge is 0.337 e. The number of carbonyl (C=O) groups is 2. The number of urea groups is 1. The first-order valence-corrected chi connectivity index (χ1v) is 8.50. The summed E-state index contributed by atoms with van der Waals surface area (Å²) in [5.74, 6) is 6.56. The number of hydrogen-bond donors (Lipinski definition) is 3. The van der Waals surface area contributed by atoms with E-state index in [1.165, 1.54) is 16.4 Å². The minimum atomic E-state index is -0.454. The number of ether oxygens (including phenoxy) is 1. The molecule has 24 heavy (non-hydrogen) atoms. The van der Waals surface area contributed by atoms with E-state index in [0.29, 0.717) is 28.0 Å². The minimum absolute atomic E-state index is 0.128. The summed E-state index contributed by atoms with van der Waals surface area (Å²) >= 11 is 1.29. The van der Waals surface area contributed by atoms with Crippen molar-refractivity contribution in [1.29, 1.82) is 0 Å². The number of rotatable bonds is 5. The minimum Gasteiger partial charge on any atom is -0.463 e. The van der Waals surface area contributed by atoms with E-state index in [2.05, 4.69) is 20.8 Å². The number of carbonyl (C=O) groups excluding carboxylic acids is 2. The number of thioether (sulfide) groups is 1. The fourth-order valence-electron chi connectivity index (χ4n) is 2.09. The Labute approximate surface area is 144 Å². The van der Waals surface area contributed by atoms with Crippen molar-refractivity contribution < 1.29 is 14.3 Å². The Morgan fingerprint density at radius 3 is 2.71 bits per heavy atom. The van der Waals surface area contributed by atoms with Gasteiger partial charge in [0.15, 0.2) is 5.82 Å². The SMILES string of the molecule is CCOC(=O)C1=C(CSc2nnc(C(C)(C)C)n2N)NC(=O)NC1. The maximum Gasteiger partial charge on any atom is 0.337 e. The third-order valence-corrected chi connectivity index (χ3v) is 4.23. The molecule has 0 atom stereocenters. The zero-order chi connectivity index (χ0) is 17.9. The Morgan fingerprint density at radius 2 is 2.12 bits per heavy atom. The average molecular weight is 354 g/mol. The van der Waals surface area contributed by atoms with Crippen LogP contribution in [-0.4, -0.2) is 45.8 Å². The molecule has 2 amide bonds. The van der Waals surface area contributed by atoms with Gasteiger partial charge in [-0.25, -0.2) is 14.3 Å². The first-order chi connectivity index (χ1) is 11.2. The van der Waals surface area contributed by atoms with Crippen LogP contribution in [0.2, 0.25) is 0 Å². The van der Waals surface area contributed by atoms with Gasteiger partial charge in [0.1, 0.15) is 0 Å². The molecular weight excluding hydrogens is 332 g/mol. The summed E-state index contributed by atoms with van der Waals surface area (Å²) in [5, 5.41) is 13.9. The van der Waals surface area contributed by atoms with Crippen LogP contribution in [0.15, 0.2) is 16.4 Å². The monoisotopic (exact) mass is 354 g/mol. The zero-order valence-corrected chi connectivity index (χ0v) is 15.0. The highest BCUT2D eigenvalue weighted by atomic mass is 32.2. The lowest BCUT2D eigenvalue weighted by Crippen LogP contribution is -2.44. The molecule has 1 aromatic heterocycles. The third-order valence-electron chi connectivity index (χ3n) is 3.26. The van der Waals surface area contributed by atoms with Crippen LogP contribution in [0.4, 0.5) is 4.79 Å². The quantitative estimate of drug-likeness (QED) is 0.400. The number of amides is 2. The highest BCUT2D eigenvalue weighted by molar-refractivity contribution is 7.99. The maximum atomic E-state index is 12.0. The third kappa shape index (κ3) is 3.99. The van der Waals surface area contributed by atoms with Crippen molar-refractivity contribution in [2.24, 2.45) is 0 Å². The summed E-state index contributed by atoms with van der Waals surface area (Å²) in [4.78, 5) is 23.5. The van der Waals surface area contributed by atoms with Crippen LogP contribution < -0.4 is 16.5 Å². The molecule has 1 aliphatic rings. The molecule has 0 aliphatic carbocycles. The van der Waals surface area contributed by atoms with Crippen molar-refractivity contribution in [3.05, 3.63) is 17.1 Å². The van der Waals surface area contributed by atoms with Crippen LogP contribution >= 0.6 is 11.8 Å². The highest BCUT2D eigenvalue weighted by Gasteiger charge is 2.26. The van der Waals surface area contributed by atoms with E-state index in [4.69, 9.17) is 10.6 Å². The van der Waals surface area contributed by atoms with Crippen LogP contribution in [0.3, 0.4) is 0 Å². The van der Waals surface area contributed by atoms with Gasteiger partial charge in [0.2, 0.25) is 5.16 Å². The van der Waals surface area contributed by atoms with Gasteiger partial charge in [-0.05, 0) is 6.92 Å². The molecule has 9 nitrogen and oxygen atoms in total. The zero-order valence-electron chi connectivity index (χ0n) is 14.2. The van der Waals surface area contributed by atoms with Crippen LogP contribution in [0.5, 0.6) is 0 Å². The topological polar surface area (TPSA) is 124 Å². The first-order valence-electron chi connectivity index (χ1n) is 7.51. The molecule has 2 heterocycles. The molecule has 1 aromatic rings. The van der Waals surface area contributed by atoms with Crippen LogP contribution in [0.25, 0.3) is 0 Å². The second kappa shape index (κ2) is 7.12.